The van der Waals surface area contributed by atoms with Gasteiger partial charge in [-0.3, -0.25) is 0 Å². The van der Waals surface area contributed by atoms with Gasteiger partial charge < -0.3 is 0 Å². The van der Waals surface area contributed by atoms with E-state index in [-0.39, 0.29) is 5.54 Å². The second kappa shape index (κ2) is 3.82. The van der Waals surface area contributed by atoms with Crippen molar-refractivity contribution < 1.29 is 12.6 Å². The molecule has 0 fully saturated rings. The maximum Gasteiger partial charge on any atom is 0.220 e. The summed E-state index contributed by atoms with van der Waals surface area (Å²) in [5, 5.41) is 0. The molecule has 0 saturated heterocycles. The molecule has 2 N–H and O–H groups in total. The van der Waals surface area contributed by atoms with Crippen LogP contribution in [0, 0.1) is 0 Å². The van der Waals surface area contributed by atoms with Gasteiger partial charge in [0.1, 0.15) is 0 Å². The minimum absolute atomic E-state index is 0.386. The molecule has 0 saturated carbocycles. The van der Waals surface area contributed by atoms with Crippen LogP contribution < -0.4 is 8.85 Å². The SMILES string of the molecule is CC(C)(C)NS(=O)NS(C)(=O)=O. The zero-order valence-corrected chi connectivity index (χ0v) is 9.17. The first kappa shape index (κ1) is 12.0. The van der Waals surface area contributed by atoms with E-state index in [0.717, 1.165) is 6.26 Å². The molecular formula is C5H14N2O3S2. The molecule has 1 atom stereocenters. The molecule has 5 nitrogen and oxygen atoms in total. The van der Waals surface area contributed by atoms with Crippen LogP contribution in [0.1, 0.15) is 20.8 Å². The fourth-order valence-electron chi connectivity index (χ4n) is 0.436. The molecule has 0 heterocycles. The zero-order valence-electron chi connectivity index (χ0n) is 7.54. The van der Waals surface area contributed by atoms with Crippen molar-refractivity contribution in [3.8, 4) is 0 Å². The number of hydrogen-bond donors (Lipinski definition) is 2. The predicted molar refractivity (Wildman–Crippen MR) is 49.0 cm³/mol. The summed E-state index contributed by atoms with van der Waals surface area (Å²) in [5.41, 5.74) is -0.386. The van der Waals surface area contributed by atoms with Gasteiger partial charge in [-0.05, 0) is 20.8 Å². The van der Waals surface area contributed by atoms with E-state index < -0.39 is 21.2 Å². The third-order valence-corrected chi connectivity index (χ3v) is 3.24. The van der Waals surface area contributed by atoms with Crippen LogP contribution in [0.25, 0.3) is 0 Å². The second-order valence-electron chi connectivity index (χ2n) is 3.48. The van der Waals surface area contributed by atoms with E-state index in [1.165, 1.54) is 0 Å². The first-order valence-electron chi connectivity index (χ1n) is 3.27. The largest absolute Gasteiger partial charge is 0.224 e. The Labute approximate surface area is 75.7 Å². The maximum absolute atomic E-state index is 11.0. The highest BCUT2D eigenvalue weighted by Crippen LogP contribution is 1.98. The van der Waals surface area contributed by atoms with Crippen molar-refractivity contribution in [2.75, 3.05) is 6.26 Å². The van der Waals surface area contributed by atoms with Crippen LogP contribution in [0.4, 0.5) is 0 Å². The third-order valence-electron chi connectivity index (χ3n) is 0.626. The van der Waals surface area contributed by atoms with Gasteiger partial charge in [0.25, 0.3) is 0 Å². The van der Waals surface area contributed by atoms with Crippen molar-refractivity contribution in [3.63, 3.8) is 0 Å². The number of hydrogen-bond acceptors (Lipinski definition) is 3. The Morgan fingerprint density at radius 3 is 1.92 bits per heavy atom. The summed E-state index contributed by atoms with van der Waals surface area (Å²) in [4.78, 5) is 0. The fraction of sp³-hybridized carbons (Fsp3) is 1.00. The van der Waals surface area contributed by atoms with Gasteiger partial charge in [0.2, 0.25) is 10.0 Å². The van der Waals surface area contributed by atoms with E-state index in [1.807, 2.05) is 4.13 Å². The van der Waals surface area contributed by atoms with Gasteiger partial charge in [-0.15, -0.1) is 4.13 Å². The lowest BCUT2D eigenvalue weighted by atomic mass is 10.1. The lowest BCUT2D eigenvalue weighted by Crippen LogP contribution is -2.44. The Morgan fingerprint density at radius 1 is 1.25 bits per heavy atom. The van der Waals surface area contributed by atoms with Crippen LogP contribution in [-0.4, -0.2) is 24.4 Å². The summed E-state index contributed by atoms with van der Waals surface area (Å²) in [7, 11) is -3.41. The fourth-order valence-corrected chi connectivity index (χ4v) is 2.26. The Hall–Kier alpha value is 0.0200. The Kier molecular flexibility index (Phi) is 3.83. The van der Waals surface area contributed by atoms with Crippen molar-refractivity contribution in [2.45, 2.75) is 26.3 Å². The standard InChI is InChI=1S/C5H14N2O3S2/c1-5(2,3)6-11(8)7-12(4,9)10/h6-7H,1-4H3. The minimum atomic E-state index is -3.41. The maximum atomic E-state index is 11.0. The third kappa shape index (κ3) is 8.12. The first-order valence-corrected chi connectivity index (χ1v) is 6.31. The molecule has 0 spiro atoms. The Morgan fingerprint density at radius 2 is 1.67 bits per heavy atom. The minimum Gasteiger partial charge on any atom is -0.224 e. The van der Waals surface area contributed by atoms with E-state index in [0.29, 0.717) is 0 Å². The molecule has 12 heavy (non-hydrogen) atoms. The molecule has 0 aromatic carbocycles. The van der Waals surface area contributed by atoms with Crippen molar-refractivity contribution in [3.05, 3.63) is 0 Å². The molecule has 0 bridgehead atoms. The number of sulfonamides is 1. The molecule has 0 aliphatic heterocycles. The van der Waals surface area contributed by atoms with Gasteiger partial charge in [-0.25, -0.2) is 17.3 Å². The van der Waals surface area contributed by atoms with E-state index >= 15 is 0 Å². The van der Waals surface area contributed by atoms with E-state index in [2.05, 4.69) is 4.72 Å². The van der Waals surface area contributed by atoms with Crippen molar-refractivity contribution >= 4 is 21.2 Å². The average Bonchev–Trinajstić information content (AvgIpc) is 1.49. The lowest BCUT2D eigenvalue weighted by Gasteiger charge is -2.18. The summed E-state index contributed by atoms with van der Waals surface area (Å²) < 4.78 is 36.6. The van der Waals surface area contributed by atoms with Crippen molar-refractivity contribution in [1.82, 2.24) is 8.85 Å². The monoisotopic (exact) mass is 214 g/mol. The van der Waals surface area contributed by atoms with Gasteiger partial charge in [-0.1, -0.05) is 0 Å². The highest BCUT2D eigenvalue weighted by Gasteiger charge is 2.15. The Balaban J connectivity index is 4.10. The zero-order chi connectivity index (χ0) is 9.99. The Bertz CT molecular complexity index is 265. The highest BCUT2D eigenvalue weighted by atomic mass is 32.3. The molecule has 0 aromatic heterocycles. The van der Waals surface area contributed by atoms with Gasteiger partial charge in [-0.2, -0.15) is 0 Å². The molecule has 0 aliphatic rings. The molecule has 74 valence electrons. The van der Waals surface area contributed by atoms with Gasteiger partial charge in [0.05, 0.1) is 6.26 Å². The van der Waals surface area contributed by atoms with Crippen LogP contribution in [0.2, 0.25) is 0 Å². The summed E-state index contributed by atoms with van der Waals surface area (Å²) >= 11 is -1.75. The summed E-state index contributed by atoms with van der Waals surface area (Å²) in [5.74, 6) is 0. The lowest BCUT2D eigenvalue weighted by molar-refractivity contribution is 0.518. The highest BCUT2D eigenvalue weighted by molar-refractivity contribution is 8.00. The van der Waals surface area contributed by atoms with Crippen LogP contribution >= 0.6 is 0 Å². The molecule has 0 amide bonds. The van der Waals surface area contributed by atoms with E-state index in [4.69, 9.17) is 0 Å². The van der Waals surface area contributed by atoms with E-state index in [9.17, 15) is 12.6 Å². The quantitative estimate of drug-likeness (QED) is 0.665. The van der Waals surface area contributed by atoms with Crippen LogP contribution in [0.3, 0.4) is 0 Å². The van der Waals surface area contributed by atoms with Gasteiger partial charge in [0.15, 0.2) is 11.2 Å². The molecule has 0 aliphatic carbocycles. The van der Waals surface area contributed by atoms with Gasteiger partial charge >= 0.3 is 0 Å². The molecule has 0 rings (SSSR count). The molecule has 7 heteroatoms. The van der Waals surface area contributed by atoms with Gasteiger partial charge in [0, 0.05) is 5.54 Å². The summed E-state index contributed by atoms with van der Waals surface area (Å²) in [6.45, 7) is 5.36. The van der Waals surface area contributed by atoms with Crippen LogP contribution in [-0.2, 0) is 21.2 Å². The summed E-state index contributed by atoms with van der Waals surface area (Å²) in [6.07, 6.45) is 0.954. The topological polar surface area (TPSA) is 75.3 Å². The normalized spacial score (nSPS) is 16.0. The first-order chi connectivity index (χ1) is 5.10. The van der Waals surface area contributed by atoms with Crippen molar-refractivity contribution in [2.24, 2.45) is 0 Å². The van der Waals surface area contributed by atoms with Crippen LogP contribution in [0.15, 0.2) is 0 Å². The number of nitrogens with one attached hydrogen (secondary N) is 2. The van der Waals surface area contributed by atoms with Crippen molar-refractivity contribution in [1.29, 1.82) is 0 Å². The number of rotatable bonds is 3. The molecule has 0 aromatic rings. The second-order valence-corrected chi connectivity index (χ2v) is 6.43. The predicted octanol–water partition coefficient (Wildman–Crippen LogP) is -0.498. The van der Waals surface area contributed by atoms with Crippen LogP contribution in [0.5, 0.6) is 0 Å². The molecule has 1 unspecified atom stereocenters. The molecular weight excluding hydrogens is 200 g/mol. The molecule has 0 radical (unpaired) electrons. The smallest absolute Gasteiger partial charge is 0.220 e. The summed E-state index contributed by atoms with van der Waals surface area (Å²) in [6, 6.07) is 0. The average molecular weight is 214 g/mol. The van der Waals surface area contributed by atoms with E-state index in [1.54, 1.807) is 20.8 Å².